The lowest BCUT2D eigenvalue weighted by Gasteiger charge is -2.22. The van der Waals surface area contributed by atoms with E-state index >= 15 is 0 Å². The Balaban J connectivity index is 1.19. The minimum atomic E-state index is -4.76. The number of hydrogen-bond donors (Lipinski definition) is 1. The standard InChI is InChI=1S/C32H31F3N6O3S/c1-19(2)26-14-5-20(3)17-27(26)41-29(42)21(4)45-31(41)38-30(43)36-16-15-22-6-8-23(9-7-22)28-37-18-40(39-28)24-10-12-25(13-11-24)44-32(33,34)35/h5-14,17-19,21H,15-16H2,1-4H3,(H,36,43)/b38-31-. The van der Waals surface area contributed by atoms with Crippen LogP contribution in [0.4, 0.5) is 23.7 Å². The van der Waals surface area contributed by atoms with Crippen molar-refractivity contribution in [2.75, 3.05) is 11.4 Å². The van der Waals surface area contributed by atoms with Crippen LogP contribution in [-0.4, -0.2) is 50.0 Å². The van der Waals surface area contributed by atoms with Crippen LogP contribution in [0.25, 0.3) is 17.1 Å². The number of benzene rings is 3. The van der Waals surface area contributed by atoms with Gasteiger partial charge in [0.05, 0.1) is 16.6 Å². The second-order valence-corrected chi connectivity index (χ2v) is 12.1. The molecule has 1 aliphatic rings. The molecule has 1 N–H and O–H groups in total. The number of aryl methyl sites for hydroxylation is 1. The van der Waals surface area contributed by atoms with Crippen LogP contribution in [0.2, 0.25) is 0 Å². The van der Waals surface area contributed by atoms with Crippen molar-refractivity contribution in [3.63, 3.8) is 0 Å². The molecule has 4 aromatic rings. The first kappa shape index (κ1) is 31.8. The quantitative estimate of drug-likeness (QED) is 0.223. The predicted octanol–water partition coefficient (Wildman–Crippen LogP) is 7.04. The summed E-state index contributed by atoms with van der Waals surface area (Å²) in [5.74, 6) is 0.201. The third kappa shape index (κ3) is 7.72. The Kier molecular flexibility index (Phi) is 9.28. The predicted molar refractivity (Wildman–Crippen MR) is 168 cm³/mol. The second kappa shape index (κ2) is 13.1. The molecule has 0 radical (unpaired) electrons. The number of ether oxygens (including phenoxy) is 1. The number of halogens is 3. The van der Waals surface area contributed by atoms with Gasteiger partial charge in [0.15, 0.2) is 11.0 Å². The van der Waals surface area contributed by atoms with Crippen molar-refractivity contribution in [1.82, 2.24) is 20.1 Å². The zero-order valence-corrected chi connectivity index (χ0v) is 25.8. The van der Waals surface area contributed by atoms with Gasteiger partial charge in [0.2, 0.25) is 5.91 Å². The van der Waals surface area contributed by atoms with E-state index in [-0.39, 0.29) is 22.8 Å². The van der Waals surface area contributed by atoms with Crippen molar-refractivity contribution >= 4 is 34.6 Å². The Morgan fingerprint density at radius 3 is 2.47 bits per heavy atom. The van der Waals surface area contributed by atoms with E-state index in [2.05, 4.69) is 39.0 Å². The molecular weight excluding hydrogens is 605 g/mol. The van der Waals surface area contributed by atoms with Crippen molar-refractivity contribution < 1.29 is 27.5 Å². The van der Waals surface area contributed by atoms with Gasteiger partial charge in [-0.1, -0.05) is 62.0 Å². The number of carbonyl (C=O) groups is 2. The van der Waals surface area contributed by atoms with Crippen molar-refractivity contribution in [1.29, 1.82) is 0 Å². The summed E-state index contributed by atoms with van der Waals surface area (Å²) in [7, 11) is 0. The van der Waals surface area contributed by atoms with Gasteiger partial charge in [-0.2, -0.15) is 4.99 Å². The summed E-state index contributed by atoms with van der Waals surface area (Å²) in [5.41, 5.74) is 5.02. The Morgan fingerprint density at radius 1 is 1.09 bits per heavy atom. The maximum Gasteiger partial charge on any atom is 0.573 e. The van der Waals surface area contributed by atoms with E-state index in [9.17, 15) is 22.8 Å². The minimum Gasteiger partial charge on any atom is -0.406 e. The molecule has 3 amide bonds. The molecule has 3 aromatic carbocycles. The van der Waals surface area contributed by atoms with Gasteiger partial charge in [0.1, 0.15) is 12.1 Å². The summed E-state index contributed by atoms with van der Waals surface area (Å²) in [6.45, 7) is 8.24. The SMILES string of the molecule is Cc1ccc(C(C)C)c(N2C(=O)C(C)S/C2=N\C(=O)NCCc2ccc(-c3ncn(-c4ccc(OC(F)(F)F)cc4)n3)cc2)c1. The highest BCUT2D eigenvalue weighted by Gasteiger charge is 2.38. The number of amides is 3. The number of urea groups is 1. The Hall–Kier alpha value is -4.65. The van der Waals surface area contributed by atoms with Crippen LogP contribution in [-0.2, 0) is 11.2 Å². The van der Waals surface area contributed by atoms with E-state index in [0.717, 1.165) is 27.9 Å². The first-order valence-corrected chi connectivity index (χ1v) is 15.1. The zero-order valence-electron chi connectivity index (χ0n) is 25.0. The highest BCUT2D eigenvalue weighted by Crippen LogP contribution is 2.37. The van der Waals surface area contributed by atoms with Gasteiger partial charge in [0, 0.05) is 12.1 Å². The number of hydrogen-bond acceptors (Lipinski definition) is 6. The number of aromatic nitrogens is 3. The molecular formula is C32H31F3N6O3S. The fourth-order valence-corrected chi connectivity index (χ4v) is 5.70. The smallest absolute Gasteiger partial charge is 0.406 e. The van der Waals surface area contributed by atoms with Gasteiger partial charge in [-0.05, 0) is 73.2 Å². The molecule has 2 heterocycles. The molecule has 0 bridgehead atoms. The van der Waals surface area contributed by atoms with Crippen LogP contribution in [0.1, 0.15) is 43.4 Å². The van der Waals surface area contributed by atoms with Crippen molar-refractivity contribution in [3.05, 3.63) is 89.7 Å². The first-order chi connectivity index (χ1) is 21.4. The number of amidine groups is 1. The fraction of sp³-hybridized carbons (Fsp3) is 0.281. The Labute approximate surface area is 262 Å². The van der Waals surface area contributed by atoms with Gasteiger partial charge in [0.25, 0.3) is 0 Å². The van der Waals surface area contributed by atoms with E-state index in [1.807, 2.05) is 56.3 Å². The summed E-state index contributed by atoms with van der Waals surface area (Å²) in [5, 5.41) is 7.24. The largest absolute Gasteiger partial charge is 0.573 e. The molecule has 9 nitrogen and oxygen atoms in total. The highest BCUT2D eigenvalue weighted by atomic mass is 32.2. The number of alkyl halides is 3. The van der Waals surface area contributed by atoms with Gasteiger partial charge in [-0.25, -0.2) is 14.5 Å². The molecule has 45 heavy (non-hydrogen) atoms. The fourth-order valence-electron chi connectivity index (χ4n) is 4.75. The molecule has 1 aliphatic heterocycles. The number of rotatable bonds is 8. The molecule has 1 unspecified atom stereocenters. The molecule has 5 rings (SSSR count). The third-order valence-electron chi connectivity index (χ3n) is 7.02. The molecule has 1 saturated heterocycles. The van der Waals surface area contributed by atoms with E-state index in [0.29, 0.717) is 29.6 Å². The molecule has 13 heteroatoms. The van der Waals surface area contributed by atoms with Crippen LogP contribution in [0.5, 0.6) is 5.75 Å². The van der Waals surface area contributed by atoms with Gasteiger partial charge in [-0.3, -0.25) is 9.69 Å². The molecule has 0 spiro atoms. The summed E-state index contributed by atoms with van der Waals surface area (Å²) in [6, 6.07) is 18.3. The topological polar surface area (TPSA) is 102 Å². The molecule has 0 aliphatic carbocycles. The van der Waals surface area contributed by atoms with E-state index in [1.54, 1.807) is 4.90 Å². The molecule has 1 fully saturated rings. The Morgan fingerprint density at radius 2 is 1.80 bits per heavy atom. The number of carbonyl (C=O) groups excluding carboxylic acids is 2. The molecule has 0 saturated carbocycles. The third-order valence-corrected chi connectivity index (χ3v) is 8.06. The summed E-state index contributed by atoms with van der Waals surface area (Å²) in [4.78, 5) is 36.0. The number of aliphatic imine (C=N–C) groups is 1. The lowest BCUT2D eigenvalue weighted by Crippen LogP contribution is -2.34. The van der Waals surface area contributed by atoms with Crippen LogP contribution in [0.15, 0.2) is 78.0 Å². The van der Waals surface area contributed by atoms with Crippen molar-refractivity contribution in [3.8, 4) is 22.8 Å². The Bertz CT molecular complexity index is 1720. The number of nitrogens with one attached hydrogen (secondary N) is 1. The zero-order chi connectivity index (χ0) is 32.3. The maximum atomic E-state index is 13.1. The van der Waals surface area contributed by atoms with E-state index in [4.69, 9.17) is 0 Å². The molecule has 1 aromatic heterocycles. The molecule has 1 atom stereocenters. The number of nitrogens with zero attached hydrogens (tertiary/aromatic N) is 5. The lowest BCUT2D eigenvalue weighted by atomic mass is 9.98. The second-order valence-electron chi connectivity index (χ2n) is 10.8. The average molecular weight is 637 g/mol. The highest BCUT2D eigenvalue weighted by molar-refractivity contribution is 8.16. The summed E-state index contributed by atoms with van der Waals surface area (Å²) in [6.07, 6.45) is -2.74. The van der Waals surface area contributed by atoms with Crippen molar-refractivity contribution in [2.45, 2.75) is 51.6 Å². The number of thioether (sulfide) groups is 1. The van der Waals surface area contributed by atoms with Crippen LogP contribution < -0.4 is 15.0 Å². The molecule has 234 valence electrons. The lowest BCUT2D eigenvalue weighted by molar-refractivity contribution is -0.274. The van der Waals surface area contributed by atoms with Gasteiger partial charge < -0.3 is 10.1 Å². The van der Waals surface area contributed by atoms with Crippen LogP contribution in [0, 0.1) is 6.92 Å². The maximum absolute atomic E-state index is 13.1. The van der Waals surface area contributed by atoms with Gasteiger partial charge in [-0.15, -0.1) is 18.3 Å². The minimum absolute atomic E-state index is 0.105. The normalized spacial score (nSPS) is 16.1. The average Bonchev–Trinajstić information content (AvgIpc) is 3.57. The van der Waals surface area contributed by atoms with E-state index < -0.39 is 12.4 Å². The van der Waals surface area contributed by atoms with Crippen molar-refractivity contribution in [2.24, 2.45) is 4.99 Å². The van der Waals surface area contributed by atoms with Gasteiger partial charge >= 0.3 is 12.4 Å². The van der Waals surface area contributed by atoms with Crippen LogP contribution in [0.3, 0.4) is 0 Å². The van der Waals surface area contributed by atoms with E-state index in [1.165, 1.54) is 47.0 Å². The summed E-state index contributed by atoms with van der Waals surface area (Å²) >= 11 is 1.27. The number of anilines is 1. The first-order valence-electron chi connectivity index (χ1n) is 14.2. The summed E-state index contributed by atoms with van der Waals surface area (Å²) < 4.78 is 42.6. The monoisotopic (exact) mass is 636 g/mol. The van der Waals surface area contributed by atoms with Crippen LogP contribution >= 0.6 is 11.8 Å².